The Morgan fingerprint density at radius 3 is 1.92 bits per heavy atom. The molecule has 0 bridgehead atoms. The van der Waals surface area contributed by atoms with E-state index in [4.69, 9.17) is 0 Å². The number of amides is 2. The molecular formula is C20H25N3O2. The lowest BCUT2D eigenvalue weighted by Gasteiger charge is -2.18. The van der Waals surface area contributed by atoms with Gasteiger partial charge in [0.15, 0.2) is 0 Å². The van der Waals surface area contributed by atoms with Gasteiger partial charge >= 0.3 is 0 Å². The average Bonchev–Trinajstić information content (AvgIpc) is 2.56. The van der Waals surface area contributed by atoms with Gasteiger partial charge in [-0.25, -0.2) is 0 Å². The first-order chi connectivity index (χ1) is 11.9. The van der Waals surface area contributed by atoms with Crippen LogP contribution in [0.5, 0.6) is 0 Å². The second-order valence-electron chi connectivity index (χ2n) is 6.46. The minimum atomic E-state index is -0.0945. The number of rotatable bonds is 7. The normalized spacial score (nSPS) is 10.4. The van der Waals surface area contributed by atoms with Crippen molar-refractivity contribution in [3.05, 3.63) is 54.6 Å². The summed E-state index contributed by atoms with van der Waals surface area (Å²) in [6.07, 6.45) is 0.490. The highest BCUT2D eigenvalue weighted by atomic mass is 16.2. The Morgan fingerprint density at radius 2 is 1.40 bits per heavy atom. The number of benzene rings is 2. The minimum absolute atomic E-state index is 0.00345. The van der Waals surface area contributed by atoms with Crippen LogP contribution in [0, 0.1) is 5.92 Å². The number of carbonyl (C=O) groups is 2. The van der Waals surface area contributed by atoms with E-state index in [9.17, 15) is 9.59 Å². The van der Waals surface area contributed by atoms with Crippen LogP contribution in [0.2, 0.25) is 0 Å². The molecule has 0 aromatic heterocycles. The minimum Gasteiger partial charge on any atom is -0.365 e. The van der Waals surface area contributed by atoms with Crippen molar-refractivity contribution < 1.29 is 9.59 Å². The summed E-state index contributed by atoms with van der Waals surface area (Å²) in [6, 6.07) is 16.9. The van der Waals surface area contributed by atoms with Gasteiger partial charge in [0.1, 0.15) is 0 Å². The van der Waals surface area contributed by atoms with Crippen molar-refractivity contribution in [2.45, 2.75) is 20.3 Å². The van der Waals surface area contributed by atoms with E-state index >= 15 is 0 Å². The van der Waals surface area contributed by atoms with Crippen molar-refractivity contribution in [2.24, 2.45) is 5.92 Å². The molecule has 2 rings (SSSR count). The fraction of sp³-hybridized carbons (Fsp3) is 0.300. The van der Waals surface area contributed by atoms with Gasteiger partial charge in [-0.1, -0.05) is 32.0 Å². The van der Waals surface area contributed by atoms with Crippen LogP contribution in [0.25, 0.3) is 0 Å². The molecule has 0 aliphatic carbocycles. The third-order valence-electron chi connectivity index (χ3n) is 3.62. The maximum absolute atomic E-state index is 12.2. The van der Waals surface area contributed by atoms with Crippen LogP contribution in [0.4, 0.5) is 17.1 Å². The third-order valence-corrected chi connectivity index (χ3v) is 3.62. The number of likely N-dealkylation sites (N-methyl/N-ethyl adjacent to an activating group) is 1. The molecule has 0 spiro atoms. The van der Waals surface area contributed by atoms with Crippen LogP contribution in [-0.2, 0) is 9.59 Å². The maximum Gasteiger partial charge on any atom is 0.243 e. The lowest BCUT2D eigenvalue weighted by Crippen LogP contribution is -2.29. The number of anilines is 3. The molecule has 5 nitrogen and oxygen atoms in total. The van der Waals surface area contributed by atoms with Crippen molar-refractivity contribution in [3.63, 3.8) is 0 Å². The van der Waals surface area contributed by atoms with E-state index < -0.39 is 0 Å². The Morgan fingerprint density at radius 1 is 0.880 bits per heavy atom. The zero-order valence-corrected chi connectivity index (χ0v) is 15.0. The molecule has 0 saturated heterocycles. The Balaban J connectivity index is 1.86. The van der Waals surface area contributed by atoms with E-state index in [-0.39, 0.29) is 18.4 Å². The number of para-hydroxylation sites is 1. The Bertz CT molecular complexity index is 697. The van der Waals surface area contributed by atoms with Crippen molar-refractivity contribution >= 4 is 28.9 Å². The molecule has 0 aliphatic heterocycles. The molecule has 25 heavy (non-hydrogen) atoms. The van der Waals surface area contributed by atoms with Crippen LogP contribution in [0.1, 0.15) is 20.3 Å². The quantitative estimate of drug-likeness (QED) is 0.808. The standard InChI is InChI=1S/C20H25N3O2/c1-15(2)13-19(24)21-16-9-11-17(12-10-16)22-20(25)14-23(3)18-7-5-4-6-8-18/h4-12,15H,13-14H2,1-3H3,(H,21,24)(H,22,25). The van der Waals surface area contributed by atoms with E-state index in [0.717, 1.165) is 11.4 Å². The molecule has 0 aliphatic rings. The van der Waals surface area contributed by atoms with Crippen LogP contribution in [0.3, 0.4) is 0 Å². The van der Waals surface area contributed by atoms with Crippen LogP contribution < -0.4 is 15.5 Å². The summed E-state index contributed by atoms with van der Waals surface area (Å²) in [5, 5.41) is 5.71. The summed E-state index contributed by atoms with van der Waals surface area (Å²) in [5.74, 6) is 0.222. The zero-order chi connectivity index (χ0) is 18.2. The first kappa shape index (κ1) is 18.5. The average molecular weight is 339 g/mol. The number of hydrogen-bond donors (Lipinski definition) is 2. The summed E-state index contributed by atoms with van der Waals surface area (Å²) in [6.45, 7) is 4.27. The van der Waals surface area contributed by atoms with Crippen molar-refractivity contribution in [1.29, 1.82) is 0 Å². The number of carbonyl (C=O) groups excluding carboxylic acids is 2. The van der Waals surface area contributed by atoms with E-state index in [2.05, 4.69) is 10.6 Å². The lowest BCUT2D eigenvalue weighted by atomic mass is 10.1. The number of hydrogen-bond acceptors (Lipinski definition) is 3. The van der Waals surface area contributed by atoms with Gasteiger partial charge in [-0.05, 0) is 42.3 Å². The summed E-state index contributed by atoms with van der Waals surface area (Å²) in [5.41, 5.74) is 2.42. The smallest absolute Gasteiger partial charge is 0.243 e. The predicted octanol–water partition coefficient (Wildman–Crippen LogP) is 3.75. The molecule has 0 saturated carbocycles. The summed E-state index contributed by atoms with van der Waals surface area (Å²) in [7, 11) is 1.88. The molecule has 0 unspecified atom stereocenters. The van der Waals surface area contributed by atoms with Gasteiger partial charge in [0.25, 0.3) is 0 Å². The fourth-order valence-corrected chi connectivity index (χ4v) is 2.41. The molecule has 5 heteroatoms. The fourth-order valence-electron chi connectivity index (χ4n) is 2.41. The molecule has 2 N–H and O–H groups in total. The molecule has 0 radical (unpaired) electrons. The molecule has 2 aromatic carbocycles. The van der Waals surface area contributed by atoms with Gasteiger partial charge in [0, 0.05) is 30.5 Å². The monoisotopic (exact) mass is 339 g/mol. The number of nitrogens with one attached hydrogen (secondary N) is 2. The summed E-state index contributed by atoms with van der Waals surface area (Å²) in [4.78, 5) is 25.8. The molecule has 2 amide bonds. The van der Waals surface area contributed by atoms with Gasteiger partial charge in [-0.3, -0.25) is 9.59 Å². The second kappa shape index (κ2) is 8.87. The third kappa shape index (κ3) is 6.30. The highest BCUT2D eigenvalue weighted by molar-refractivity contribution is 5.95. The lowest BCUT2D eigenvalue weighted by molar-refractivity contribution is -0.117. The van der Waals surface area contributed by atoms with Crippen molar-refractivity contribution in [1.82, 2.24) is 0 Å². The summed E-state index contributed by atoms with van der Waals surface area (Å²) < 4.78 is 0. The van der Waals surface area contributed by atoms with Gasteiger partial charge < -0.3 is 15.5 Å². The van der Waals surface area contributed by atoms with E-state index in [0.29, 0.717) is 18.0 Å². The van der Waals surface area contributed by atoms with E-state index in [1.807, 2.05) is 56.1 Å². The first-order valence-corrected chi connectivity index (χ1v) is 8.40. The molecule has 0 heterocycles. The van der Waals surface area contributed by atoms with Crippen LogP contribution in [-0.4, -0.2) is 25.4 Å². The zero-order valence-electron chi connectivity index (χ0n) is 15.0. The van der Waals surface area contributed by atoms with Crippen molar-refractivity contribution in [2.75, 3.05) is 29.1 Å². The van der Waals surface area contributed by atoms with Gasteiger partial charge in [0.05, 0.1) is 6.54 Å². The molecule has 132 valence electrons. The molecule has 0 fully saturated rings. The molecule has 2 aromatic rings. The van der Waals surface area contributed by atoms with Gasteiger partial charge in [-0.2, -0.15) is 0 Å². The second-order valence-corrected chi connectivity index (χ2v) is 6.46. The van der Waals surface area contributed by atoms with Gasteiger partial charge in [-0.15, -0.1) is 0 Å². The largest absolute Gasteiger partial charge is 0.365 e. The highest BCUT2D eigenvalue weighted by Crippen LogP contribution is 2.15. The Kier molecular flexibility index (Phi) is 6.57. The molecular weight excluding hydrogens is 314 g/mol. The topological polar surface area (TPSA) is 61.4 Å². The molecule has 0 atom stereocenters. The van der Waals surface area contributed by atoms with Crippen LogP contribution >= 0.6 is 0 Å². The summed E-state index contributed by atoms with van der Waals surface area (Å²) >= 11 is 0. The Hall–Kier alpha value is -2.82. The highest BCUT2D eigenvalue weighted by Gasteiger charge is 2.08. The predicted molar refractivity (Wildman–Crippen MR) is 103 cm³/mol. The van der Waals surface area contributed by atoms with E-state index in [1.54, 1.807) is 24.3 Å². The van der Waals surface area contributed by atoms with Crippen LogP contribution in [0.15, 0.2) is 54.6 Å². The first-order valence-electron chi connectivity index (χ1n) is 8.40. The Labute approximate surface area is 149 Å². The van der Waals surface area contributed by atoms with E-state index in [1.165, 1.54) is 0 Å². The van der Waals surface area contributed by atoms with Crippen molar-refractivity contribution in [3.8, 4) is 0 Å². The number of nitrogens with zero attached hydrogens (tertiary/aromatic N) is 1. The SMILES string of the molecule is CC(C)CC(=O)Nc1ccc(NC(=O)CN(C)c2ccccc2)cc1. The maximum atomic E-state index is 12.2. The van der Waals surface area contributed by atoms with Gasteiger partial charge in [0.2, 0.25) is 11.8 Å².